The molecule has 1 unspecified atom stereocenters. The van der Waals surface area contributed by atoms with Crippen LogP contribution in [0, 0.1) is 0 Å². The second kappa shape index (κ2) is 5.46. The van der Waals surface area contributed by atoms with Gasteiger partial charge in [0.2, 0.25) is 11.8 Å². The molecule has 0 radical (unpaired) electrons. The summed E-state index contributed by atoms with van der Waals surface area (Å²) in [6.45, 7) is 0.497. The molecule has 1 heterocycles. The van der Waals surface area contributed by atoms with Crippen LogP contribution in [0.3, 0.4) is 0 Å². The molecule has 0 saturated carbocycles. The van der Waals surface area contributed by atoms with Crippen molar-refractivity contribution in [1.29, 1.82) is 0 Å². The molecule has 1 atom stereocenters. The molecule has 0 saturated heterocycles. The Bertz CT molecular complexity index is 482. The molecule has 5 heteroatoms. The van der Waals surface area contributed by atoms with Gasteiger partial charge in [0, 0.05) is 12.1 Å². The number of amides is 2. The average Bonchev–Trinajstić information content (AvgIpc) is 2.86. The predicted molar refractivity (Wildman–Crippen MR) is 67.5 cm³/mol. The van der Waals surface area contributed by atoms with Gasteiger partial charge in [-0.2, -0.15) is 0 Å². The highest BCUT2D eigenvalue weighted by atomic mass is 16.2. The average molecular weight is 245 g/mol. The predicted octanol–water partition coefficient (Wildman–Crippen LogP) is -0.141. The Hall–Kier alpha value is -2.14. The Kier molecular flexibility index (Phi) is 3.74. The largest absolute Gasteiger partial charge is 0.368 e. The SMILES string of the molecule is NC(=O)CNC(=O)C1=CCNC1c1ccccc1. The van der Waals surface area contributed by atoms with Gasteiger partial charge in [-0.15, -0.1) is 0 Å². The number of nitrogens with one attached hydrogen (secondary N) is 2. The van der Waals surface area contributed by atoms with E-state index in [0.29, 0.717) is 12.1 Å². The Morgan fingerprint density at radius 3 is 2.72 bits per heavy atom. The van der Waals surface area contributed by atoms with Crippen molar-refractivity contribution >= 4 is 11.8 Å². The highest BCUT2D eigenvalue weighted by Gasteiger charge is 2.25. The van der Waals surface area contributed by atoms with E-state index in [9.17, 15) is 9.59 Å². The van der Waals surface area contributed by atoms with E-state index in [1.54, 1.807) is 0 Å². The second-order valence-corrected chi connectivity index (χ2v) is 4.06. The smallest absolute Gasteiger partial charge is 0.249 e. The fourth-order valence-corrected chi connectivity index (χ4v) is 1.95. The topological polar surface area (TPSA) is 84.2 Å². The normalized spacial score (nSPS) is 18.2. The van der Waals surface area contributed by atoms with Crippen molar-refractivity contribution in [2.75, 3.05) is 13.1 Å². The van der Waals surface area contributed by atoms with E-state index >= 15 is 0 Å². The maximum atomic E-state index is 11.9. The molecule has 0 spiro atoms. The standard InChI is InChI=1S/C13H15N3O2/c14-11(17)8-16-13(18)10-6-7-15-12(10)9-4-2-1-3-5-9/h1-6,12,15H,7-8H2,(H2,14,17)(H,16,18). The van der Waals surface area contributed by atoms with Crippen LogP contribution in [0.1, 0.15) is 11.6 Å². The molecule has 2 rings (SSSR count). The van der Waals surface area contributed by atoms with E-state index in [0.717, 1.165) is 5.56 Å². The maximum Gasteiger partial charge on any atom is 0.249 e. The van der Waals surface area contributed by atoms with Gasteiger partial charge in [0.1, 0.15) is 0 Å². The van der Waals surface area contributed by atoms with Crippen LogP contribution in [0.2, 0.25) is 0 Å². The Morgan fingerprint density at radius 2 is 2.06 bits per heavy atom. The highest BCUT2D eigenvalue weighted by molar-refractivity contribution is 5.97. The monoisotopic (exact) mass is 245 g/mol. The van der Waals surface area contributed by atoms with Gasteiger partial charge < -0.3 is 16.4 Å². The van der Waals surface area contributed by atoms with Crippen LogP contribution >= 0.6 is 0 Å². The summed E-state index contributed by atoms with van der Waals surface area (Å²) in [5, 5.41) is 5.72. The van der Waals surface area contributed by atoms with Gasteiger partial charge >= 0.3 is 0 Å². The fourth-order valence-electron chi connectivity index (χ4n) is 1.95. The summed E-state index contributed by atoms with van der Waals surface area (Å²) in [6, 6.07) is 9.56. The van der Waals surface area contributed by atoms with Crippen molar-refractivity contribution < 1.29 is 9.59 Å². The quantitative estimate of drug-likeness (QED) is 0.690. The Labute approximate surface area is 105 Å². The first kappa shape index (κ1) is 12.3. The number of carbonyl (C=O) groups excluding carboxylic acids is 2. The fraction of sp³-hybridized carbons (Fsp3) is 0.231. The van der Waals surface area contributed by atoms with Gasteiger partial charge in [0.25, 0.3) is 0 Å². The number of nitrogens with two attached hydrogens (primary N) is 1. The summed E-state index contributed by atoms with van der Waals surface area (Å²) in [7, 11) is 0. The first-order valence-corrected chi connectivity index (χ1v) is 5.73. The zero-order valence-corrected chi connectivity index (χ0v) is 9.85. The lowest BCUT2D eigenvalue weighted by atomic mass is 10.0. The molecule has 1 aliphatic rings. The summed E-state index contributed by atoms with van der Waals surface area (Å²) >= 11 is 0. The lowest BCUT2D eigenvalue weighted by Crippen LogP contribution is -2.35. The van der Waals surface area contributed by atoms with E-state index in [-0.39, 0.29) is 18.5 Å². The number of rotatable bonds is 4. The van der Waals surface area contributed by atoms with Gasteiger partial charge in [0.05, 0.1) is 12.6 Å². The number of hydrogen-bond acceptors (Lipinski definition) is 3. The third-order valence-corrected chi connectivity index (χ3v) is 2.77. The number of carbonyl (C=O) groups is 2. The zero-order chi connectivity index (χ0) is 13.0. The molecule has 1 aromatic carbocycles. The van der Waals surface area contributed by atoms with Crippen LogP contribution in [0.5, 0.6) is 0 Å². The van der Waals surface area contributed by atoms with Gasteiger partial charge in [-0.25, -0.2) is 0 Å². The molecule has 4 N–H and O–H groups in total. The minimum absolute atomic E-state index is 0.126. The minimum Gasteiger partial charge on any atom is -0.368 e. The number of hydrogen-bond donors (Lipinski definition) is 3. The van der Waals surface area contributed by atoms with Gasteiger partial charge in [-0.1, -0.05) is 36.4 Å². The molecule has 0 bridgehead atoms. The molecular formula is C13H15N3O2. The molecule has 94 valence electrons. The van der Waals surface area contributed by atoms with Crippen LogP contribution < -0.4 is 16.4 Å². The van der Waals surface area contributed by atoms with Crippen LogP contribution in [-0.2, 0) is 9.59 Å². The van der Waals surface area contributed by atoms with Gasteiger partial charge in [-0.3, -0.25) is 9.59 Å². The van der Waals surface area contributed by atoms with Crippen molar-refractivity contribution in [3.63, 3.8) is 0 Å². The number of primary amides is 1. The summed E-state index contributed by atoms with van der Waals surface area (Å²) in [5.74, 6) is -0.807. The van der Waals surface area contributed by atoms with Crippen molar-refractivity contribution in [3.05, 3.63) is 47.5 Å². The lowest BCUT2D eigenvalue weighted by Gasteiger charge is -2.15. The highest BCUT2D eigenvalue weighted by Crippen LogP contribution is 2.24. The van der Waals surface area contributed by atoms with Crippen LogP contribution in [0.4, 0.5) is 0 Å². The summed E-state index contributed by atoms with van der Waals surface area (Å²) in [6.07, 6.45) is 1.83. The van der Waals surface area contributed by atoms with Crippen molar-refractivity contribution in [1.82, 2.24) is 10.6 Å². The van der Waals surface area contributed by atoms with Crippen LogP contribution in [0.25, 0.3) is 0 Å². The lowest BCUT2D eigenvalue weighted by molar-refractivity contribution is -0.122. The van der Waals surface area contributed by atoms with E-state index in [1.165, 1.54) is 0 Å². The first-order chi connectivity index (χ1) is 8.68. The zero-order valence-electron chi connectivity index (χ0n) is 9.85. The van der Waals surface area contributed by atoms with Crippen molar-refractivity contribution in [2.24, 2.45) is 5.73 Å². The summed E-state index contributed by atoms with van der Waals surface area (Å²) in [4.78, 5) is 22.5. The molecule has 5 nitrogen and oxygen atoms in total. The van der Waals surface area contributed by atoms with E-state index < -0.39 is 5.91 Å². The summed E-state index contributed by atoms with van der Waals surface area (Å²) < 4.78 is 0. The molecule has 0 aliphatic carbocycles. The summed E-state index contributed by atoms with van der Waals surface area (Å²) in [5.41, 5.74) is 6.65. The molecular weight excluding hydrogens is 230 g/mol. The van der Waals surface area contributed by atoms with Crippen LogP contribution in [-0.4, -0.2) is 24.9 Å². The maximum absolute atomic E-state index is 11.9. The van der Waals surface area contributed by atoms with E-state index in [4.69, 9.17) is 5.73 Å². The van der Waals surface area contributed by atoms with E-state index in [2.05, 4.69) is 10.6 Å². The second-order valence-electron chi connectivity index (χ2n) is 4.06. The third kappa shape index (κ3) is 2.75. The molecule has 0 aromatic heterocycles. The number of benzene rings is 1. The molecule has 18 heavy (non-hydrogen) atoms. The molecule has 2 amide bonds. The van der Waals surface area contributed by atoms with Gasteiger partial charge in [0.15, 0.2) is 0 Å². The Morgan fingerprint density at radius 1 is 1.33 bits per heavy atom. The Balaban J connectivity index is 2.08. The minimum atomic E-state index is -0.550. The van der Waals surface area contributed by atoms with Gasteiger partial charge in [-0.05, 0) is 5.56 Å². The molecule has 1 aliphatic heterocycles. The third-order valence-electron chi connectivity index (χ3n) is 2.77. The molecule has 1 aromatic rings. The molecule has 0 fully saturated rings. The van der Waals surface area contributed by atoms with Crippen LogP contribution in [0.15, 0.2) is 42.0 Å². The van der Waals surface area contributed by atoms with Crippen molar-refractivity contribution in [2.45, 2.75) is 6.04 Å². The van der Waals surface area contributed by atoms with Crippen molar-refractivity contribution in [3.8, 4) is 0 Å². The van der Waals surface area contributed by atoms with E-state index in [1.807, 2.05) is 36.4 Å². The first-order valence-electron chi connectivity index (χ1n) is 5.73.